The third-order valence-corrected chi connectivity index (χ3v) is 7.91. The molecule has 0 bridgehead atoms. The minimum absolute atomic E-state index is 0.0554. The molecule has 1 aliphatic heterocycles. The van der Waals surface area contributed by atoms with Crippen LogP contribution in [0, 0.1) is 18.7 Å². The largest absolute Gasteiger partial charge is 0.356 e. The number of hydrogen-bond donors (Lipinski definition) is 1. The molecule has 2 aromatic carbocycles. The summed E-state index contributed by atoms with van der Waals surface area (Å²) in [5, 5.41) is 2.98. The van der Waals surface area contributed by atoms with Gasteiger partial charge >= 0.3 is 0 Å². The Bertz CT molecular complexity index is 1220. The average molecular weight is 459 g/mol. The van der Waals surface area contributed by atoms with Crippen molar-refractivity contribution in [2.45, 2.75) is 37.6 Å². The Hall–Kier alpha value is -2.78. The summed E-state index contributed by atoms with van der Waals surface area (Å²) in [6, 6.07) is 13.4. The lowest BCUT2D eigenvalue weighted by molar-refractivity contribution is -0.126. The van der Waals surface area contributed by atoms with Crippen LogP contribution in [0.5, 0.6) is 0 Å². The van der Waals surface area contributed by atoms with Crippen LogP contribution in [0.2, 0.25) is 0 Å². The van der Waals surface area contributed by atoms with E-state index in [1.165, 1.54) is 22.5 Å². The van der Waals surface area contributed by atoms with E-state index in [0.29, 0.717) is 19.4 Å². The lowest BCUT2D eigenvalue weighted by Gasteiger charge is -2.30. The smallest absolute Gasteiger partial charge is 0.245 e. The number of aryl methyl sites for hydroxylation is 2. The predicted molar refractivity (Wildman–Crippen MR) is 120 cm³/mol. The maximum Gasteiger partial charge on any atom is 0.245 e. The van der Waals surface area contributed by atoms with Crippen molar-refractivity contribution in [3.8, 4) is 0 Å². The normalized spacial score (nSPS) is 15.8. The maximum atomic E-state index is 14.0. The molecule has 0 aliphatic carbocycles. The van der Waals surface area contributed by atoms with Crippen LogP contribution in [0.4, 0.5) is 4.39 Å². The molecule has 1 amide bonds. The SMILES string of the molecule is Cc1nc2ccccc2n1CCCNC(=O)C1CCN(S(=O)(=O)c2ccccc2F)CC1. The summed E-state index contributed by atoms with van der Waals surface area (Å²) in [6.07, 6.45) is 1.61. The first kappa shape index (κ1) is 22.4. The molecule has 0 saturated carbocycles. The minimum atomic E-state index is -3.89. The maximum absolute atomic E-state index is 14.0. The average Bonchev–Trinajstić information content (AvgIpc) is 3.11. The number of sulfonamides is 1. The van der Waals surface area contributed by atoms with Gasteiger partial charge in [0.05, 0.1) is 11.0 Å². The molecule has 3 aromatic rings. The number of carbonyl (C=O) groups excluding carboxylic acids is 1. The van der Waals surface area contributed by atoms with Gasteiger partial charge < -0.3 is 9.88 Å². The second-order valence-electron chi connectivity index (χ2n) is 8.05. The number of nitrogens with one attached hydrogen (secondary N) is 1. The molecular weight excluding hydrogens is 431 g/mol. The zero-order chi connectivity index (χ0) is 22.7. The van der Waals surface area contributed by atoms with Crippen LogP contribution in [0.3, 0.4) is 0 Å². The summed E-state index contributed by atoms with van der Waals surface area (Å²) in [4.78, 5) is 16.8. The van der Waals surface area contributed by atoms with Gasteiger partial charge in [-0.2, -0.15) is 4.31 Å². The van der Waals surface area contributed by atoms with Crippen molar-refractivity contribution in [2.75, 3.05) is 19.6 Å². The van der Waals surface area contributed by atoms with E-state index in [2.05, 4.69) is 14.9 Å². The van der Waals surface area contributed by atoms with Gasteiger partial charge in [0, 0.05) is 32.1 Å². The van der Waals surface area contributed by atoms with E-state index in [-0.39, 0.29) is 29.8 Å². The topological polar surface area (TPSA) is 84.3 Å². The molecule has 1 fully saturated rings. The molecule has 1 aliphatic rings. The summed E-state index contributed by atoms with van der Waals surface area (Å²) < 4.78 is 42.8. The number of benzene rings is 2. The Balaban J connectivity index is 1.26. The lowest BCUT2D eigenvalue weighted by atomic mass is 9.97. The molecular formula is C23H27FN4O3S. The van der Waals surface area contributed by atoms with Crippen LogP contribution in [0.25, 0.3) is 11.0 Å². The van der Waals surface area contributed by atoms with Crippen molar-refractivity contribution in [2.24, 2.45) is 5.92 Å². The highest BCUT2D eigenvalue weighted by atomic mass is 32.2. The van der Waals surface area contributed by atoms with Gasteiger partial charge in [-0.25, -0.2) is 17.8 Å². The van der Waals surface area contributed by atoms with Crippen molar-refractivity contribution in [3.05, 3.63) is 60.2 Å². The summed E-state index contributed by atoms with van der Waals surface area (Å²) in [6.45, 7) is 3.68. The Morgan fingerprint density at radius 2 is 1.81 bits per heavy atom. The Kier molecular flexibility index (Phi) is 6.57. The number of piperidine rings is 1. The predicted octanol–water partition coefficient (Wildman–Crippen LogP) is 3.09. The van der Waals surface area contributed by atoms with E-state index in [1.807, 2.05) is 31.2 Å². The molecule has 0 unspecified atom stereocenters. The van der Waals surface area contributed by atoms with Gasteiger partial charge in [-0.3, -0.25) is 4.79 Å². The van der Waals surface area contributed by atoms with Gasteiger partial charge in [-0.15, -0.1) is 0 Å². The quantitative estimate of drug-likeness (QED) is 0.552. The zero-order valence-corrected chi connectivity index (χ0v) is 18.8. The minimum Gasteiger partial charge on any atom is -0.356 e. The number of aromatic nitrogens is 2. The van der Waals surface area contributed by atoms with Crippen LogP contribution in [-0.2, 0) is 21.4 Å². The van der Waals surface area contributed by atoms with Gasteiger partial charge in [-0.1, -0.05) is 24.3 Å². The van der Waals surface area contributed by atoms with Crippen molar-refractivity contribution in [3.63, 3.8) is 0 Å². The monoisotopic (exact) mass is 458 g/mol. The summed E-state index contributed by atoms with van der Waals surface area (Å²) in [5.74, 6) is -0.104. The lowest BCUT2D eigenvalue weighted by Crippen LogP contribution is -2.43. The molecule has 1 aromatic heterocycles. The van der Waals surface area contributed by atoms with E-state index in [4.69, 9.17) is 0 Å². The highest BCUT2D eigenvalue weighted by Gasteiger charge is 2.33. The number of para-hydroxylation sites is 2. The van der Waals surface area contributed by atoms with Crippen LogP contribution in [0.1, 0.15) is 25.1 Å². The number of hydrogen-bond acceptors (Lipinski definition) is 4. The molecule has 170 valence electrons. The van der Waals surface area contributed by atoms with Crippen LogP contribution >= 0.6 is 0 Å². The van der Waals surface area contributed by atoms with Crippen LogP contribution < -0.4 is 5.32 Å². The molecule has 0 atom stereocenters. The molecule has 1 N–H and O–H groups in total. The van der Waals surface area contributed by atoms with E-state index in [9.17, 15) is 17.6 Å². The standard InChI is InChI=1S/C23H27FN4O3S/c1-17-26-20-8-3-4-9-21(20)28(17)14-6-13-25-23(29)18-11-15-27(16-12-18)32(30,31)22-10-5-2-7-19(22)24/h2-5,7-10,18H,6,11-16H2,1H3,(H,25,29). The van der Waals surface area contributed by atoms with Crippen molar-refractivity contribution >= 4 is 27.0 Å². The fraction of sp³-hybridized carbons (Fsp3) is 0.391. The number of amides is 1. The van der Waals surface area contributed by atoms with Crippen molar-refractivity contribution in [1.29, 1.82) is 0 Å². The third kappa shape index (κ3) is 4.54. The number of rotatable bonds is 7. The third-order valence-electron chi connectivity index (χ3n) is 5.98. The molecule has 2 heterocycles. The molecule has 4 rings (SSSR count). The van der Waals surface area contributed by atoms with Gasteiger partial charge in [0.1, 0.15) is 16.5 Å². The molecule has 32 heavy (non-hydrogen) atoms. The Morgan fingerprint density at radius 3 is 2.56 bits per heavy atom. The summed E-state index contributed by atoms with van der Waals surface area (Å²) >= 11 is 0. The number of fused-ring (bicyclic) bond motifs is 1. The van der Waals surface area contributed by atoms with Crippen LogP contribution in [-0.4, -0.2) is 47.8 Å². The van der Waals surface area contributed by atoms with Gasteiger partial charge in [0.15, 0.2) is 0 Å². The number of carbonyl (C=O) groups is 1. The van der Waals surface area contributed by atoms with E-state index >= 15 is 0 Å². The van der Waals surface area contributed by atoms with Crippen molar-refractivity contribution < 1.29 is 17.6 Å². The van der Waals surface area contributed by atoms with E-state index < -0.39 is 15.8 Å². The van der Waals surface area contributed by atoms with E-state index in [1.54, 1.807) is 0 Å². The molecule has 1 saturated heterocycles. The summed E-state index contributed by atoms with van der Waals surface area (Å²) in [5.41, 5.74) is 2.05. The Labute approximate surface area is 187 Å². The van der Waals surface area contributed by atoms with Gasteiger partial charge in [0.25, 0.3) is 0 Å². The number of imidazole rings is 1. The first-order valence-electron chi connectivity index (χ1n) is 10.8. The first-order valence-corrected chi connectivity index (χ1v) is 12.3. The highest BCUT2D eigenvalue weighted by Crippen LogP contribution is 2.25. The molecule has 0 radical (unpaired) electrons. The van der Waals surface area contributed by atoms with Crippen LogP contribution in [0.15, 0.2) is 53.4 Å². The highest BCUT2D eigenvalue weighted by molar-refractivity contribution is 7.89. The fourth-order valence-corrected chi connectivity index (χ4v) is 5.76. The fourth-order valence-electron chi connectivity index (χ4n) is 4.22. The number of halogens is 1. The summed E-state index contributed by atoms with van der Waals surface area (Å²) in [7, 11) is -3.89. The van der Waals surface area contributed by atoms with Gasteiger partial charge in [0.2, 0.25) is 15.9 Å². The first-order chi connectivity index (χ1) is 15.4. The van der Waals surface area contributed by atoms with E-state index in [0.717, 1.165) is 35.9 Å². The number of nitrogens with zero attached hydrogens (tertiary/aromatic N) is 3. The van der Waals surface area contributed by atoms with Crippen molar-refractivity contribution in [1.82, 2.24) is 19.2 Å². The second-order valence-corrected chi connectivity index (χ2v) is 9.96. The zero-order valence-electron chi connectivity index (χ0n) is 18.0. The molecule has 9 heteroatoms. The van der Waals surface area contributed by atoms with Gasteiger partial charge in [-0.05, 0) is 50.5 Å². The second kappa shape index (κ2) is 9.38. The molecule has 7 nitrogen and oxygen atoms in total. The Morgan fingerprint density at radius 1 is 1.12 bits per heavy atom. The molecule has 0 spiro atoms.